The first-order valence-corrected chi connectivity index (χ1v) is 21.7. The minimum absolute atomic E-state index is 0.0456. The highest BCUT2D eigenvalue weighted by Crippen LogP contribution is 2.21. The topological polar surface area (TPSA) is 118 Å². The number of nitrogens with one attached hydrogen (secondary N) is 1. The molecule has 0 aliphatic heterocycles. The van der Waals surface area contributed by atoms with Gasteiger partial charge in [-0.2, -0.15) is 0 Å². The Labute approximate surface area is 334 Å². The van der Waals surface area contributed by atoms with E-state index < -0.39 is 5.91 Å². The minimum atomic E-state index is -0.410. The molecule has 0 radical (unpaired) electrons. The number of hydrogen-bond donors (Lipinski definition) is 1. The highest BCUT2D eigenvalue weighted by Gasteiger charge is 2.27. The number of methoxy groups -OCH3 is 1. The summed E-state index contributed by atoms with van der Waals surface area (Å²) in [6, 6.07) is 5.33. The van der Waals surface area contributed by atoms with Gasteiger partial charge in [-0.25, -0.2) is 4.79 Å². The van der Waals surface area contributed by atoms with Crippen molar-refractivity contribution in [2.24, 2.45) is 0 Å². The smallest absolute Gasteiger partial charge is 0.327 e. The van der Waals surface area contributed by atoms with Crippen molar-refractivity contribution in [2.45, 2.75) is 163 Å². The average Bonchev–Trinajstić information content (AvgIpc) is 3.18. The van der Waals surface area contributed by atoms with Crippen LogP contribution in [0, 0.1) is 0 Å². The molecule has 11 heteroatoms. The standard InChI is InChI=1S/C44H78N4O7/c1-7-12-17-18-19-20-21-22-23-24-29-55-40-31-38(33-45-41(49)35-54-37-42(50)46(25-13-8-2)26-14-9-3)30-39(32-40)34-48(43(51)36-53-6)44(52)47(27-15-10-4)28-16-11-5/h30-32H,7-29,33-37H2,1-6H3,(H,45,49). The fourth-order valence-corrected chi connectivity index (χ4v) is 6.24. The molecule has 1 aromatic carbocycles. The fourth-order valence-electron chi connectivity index (χ4n) is 6.24. The molecule has 55 heavy (non-hydrogen) atoms. The predicted octanol–water partition coefficient (Wildman–Crippen LogP) is 9.05. The largest absolute Gasteiger partial charge is 0.494 e. The van der Waals surface area contributed by atoms with Crippen molar-refractivity contribution in [3.63, 3.8) is 0 Å². The maximum Gasteiger partial charge on any atom is 0.327 e. The van der Waals surface area contributed by atoms with Crippen molar-refractivity contribution < 1.29 is 33.4 Å². The Morgan fingerprint density at radius 1 is 0.564 bits per heavy atom. The van der Waals surface area contributed by atoms with Crippen molar-refractivity contribution in [3.8, 4) is 5.75 Å². The number of ether oxygens (including phenoxy) is 3. The third-order valence-electron chi connectivity index (χ3n) is 9.63. The van der Waals surface area contributed by atoms with Crippen LogP contribution in [0.15, 0.2) is 18.2 Å². The molecule has 1 rings (SSSR count). The van der Waals surface area contributed by atoms with Crippen LogP contribution >= 0.6 is 0 Å². The van der Waals surface area contributed by atoms with Crippen molar-refractivity contribution in [3.05, 3.63) is 29.3 Å². The van der Waals surface area contributed by atoms with Crippen LogP contribution < -0.4 is 10.1 Å². The first-order valence-electron chi connectivity index (χ1n) is 21.7. The second-order valence-corrected chi connectivity index (χ2v) is 14.8. The second-order valence-electron chi connectivity index (χ2n) is 14.8. The van der Waals surface area contributed by atoms with Gasteiger partial charge >= 0.3 is 6.03 Å². The lowest BCUT2D eigenvalue weighted by molar-refractivity contribution is -0.138. The Kier molecular flexibility index (Phi) is 29.9. The molecule has 0 unspecified atom stereocenters. The van der Waals surface area contributed by atoms with Crippen LogP contribution in [0.25, 0.3) is 0 Å². The van der Waals surface area contributed by atoms with Gasteiger partial charge in [-0.1, -0.05) is 124 Å². The van der Waals surface area contributed by atoms with Gasteiger partial charge in [0.05, 0.1) is 13.2 Å². The van der Waals surface area contributed by atoms with Crippen LogP contribution in [0.1, 0.15) is 161 Å². The summed E-state index contributed by atoms with van der Waals surface area (Å²) in [7, 11) is 1.45. The number of nitrogens with zero attached hydrogens (tertiary/aromatic N) is 3. The van der Waals surface area contributed by atoms with E-state index in [-0.39, 0.29) is 50.8 Å². The van der Waals surface area contributed by atoms with E-state index in [1.54, 1.807) is 4.90 Å². The van der Waals surface area contributed by atoms with Crippen LogP contribution in [0.4, 0.5) is 4.79 Å². The molecule has 316 valence electrons. The number of rotatable bonds is 34. The molecule has 0 spiro atoms. The van der Waals surface area contributed by atoms with Crippen LogP contribution in [-0.2, 0) is 36.9 Å². The van der Waals surface area contributed by atoms with Crippen LogP contribution in [0.2, 0.25) is 0 Å². The van der Waals surface area contributed by atoms with E-state index in [0.29, 0.717) is 38.5 Å². The van der Waals surface area contributed by atoms with Crippen molar-refractivity contribution in [1.82, 2.24) is 20.0 Å². The summed E-state index contributed by atoms with van der Waals surface area (Å²) < 4.78 is 16.9. The van der Waals surface area contributed by atoms with Crippen LogP contribution in [0.5, 0.6) is 5.75 Å². The highest BCUT2D eigenvalue weighted by molar-refractivity contribution is 5.95. The molecule has 11 nitrogen and oxygen atoms in total. The molecule has 5 amide bonds. The molecule has 0 atom stereocenters. The number of benzene rings is 1. The summed E-state index contributed by atoms with van der Waals surface area (Å²) in [5, 5.41) is 2.90. The third kappa shape index (κ3) is 23.5. The molecule has 1 N–H and O–H groups in total. The Bertz CT molecular complexity index is 1160. The Morgan fingerprint density at radius 3 is 1.62 bits per heavy atom. The zero-order valence-electron chi connectivity index (χ0n) is 35.7. The third-order valence-corrected chi connectivity index (χ3v) is 9.63. The molecular formula is C44H78N4O7. The Balaban J connectivity index is 3.05. The number of unbranched alkanes of at least 4 members (excludes halogenated alkanes) is 13. The summed E-state index contributed by atoms with van der Waals surface area (Å²) in [5.41, 5.74) is 1.49. The molecule has 0 saturated heterocycles. The normalized spacial score (nSPS) is 11.0. The molecule has 0 bridgehead atoms. The lowest BCUT2D eigenvalue weighted by Crippen LogP contribution is -2.47. The van der Waals surface area contributed by atoms with Gasteiger partial charge in [0, 0.05) is 39.8 Å². The molecular weight excluding hydrogens is 697 g/mol. The summed E-state index contributed by atoms with van der Waals surface area (Å²) in [5.74, 6) is -0.225. The van der Waals surface area contributed by atoms with Gasteiger partial charge in [-0.15, -0.1) is 0 Å². The van der Waals surface area contributed by atoms with Crippen molar-refractivity contribution in [1.29, 1.82) is 0 Å². The molecule has 0 heterocycles. The lowest BCUT2D eigenvalue weighted by Gasteiger charge is -2.30. The molecule has 1 aromatic rings. The minimum Gasteiger partial charge on any atom is -0.494 e. The predicted molar refractivity (Wildman–Crippen MR) is 222 cm³/mol. The Morgan fingerprint density at radius 2 is 1.07 bits per heavy atom. The van der Waals surface area contributed by atoms with E-state index in [1.807, 2.05) is 23.1 Å². The van der Waals surface area contributed by atoms with E-state index in [2.05, 4.69) is 39.9 Å². The maximum absolute atomic E-state index is 13.9. The van der Waals surface area contributed by atoms with Crippen LogP contribution in [-0.4, -0.2) is 98.2 Å². The number of carbonyl (C=O) groups is 4. The van der Waals surface area contributed by atoms with E-state index in [1.165, 1.54) is 63.4 Å². The molecule has 0 aromatic heterocycles. The Hall–Kier alpha value is -3.18. The van der Waals surface area contributed by atoms with Gasteiger partial charge in [0.1, 0.15) is 25.6 Å². The van der Waals surface area contributed by atoms with E-state index in [4.69, 9.17) is 14.2 Å². The fraction of sp³-hybridized carbons (Fsp3) is 0.773. The van der Waals surface area contributed by atoms with Gasteiger partial charge in [0.15, 0.2) is 0 Å². The summed E-state index contributed by atoms with van der Waals surface area (Å²) in [6.07, 6.45) is 19.7. The lowest BCUT2D eigenvalue weighted by atomic mass is 10.1. The number of urea groups is 1. The number of imide groups is 1. The van der Waals surface area contributed by atoms with E-state index >= 15 is 0 Å². The first-order chi connectivity index (χ1) is 26.7. The molecule has 0 fully saturated rings. The quantitative estimate of drug-likeness (QED) is 0.0695. The second kappa shape index (κ2) is 33.0. The molecule has 0 aliphatic carbocycles. The zero-order chi connectivity index (χ0) is 40.5. The summed E-state index contributed by atoms with van der Waals surface area (Å²) in [4.78, 5) is 57.7. The van der Waals surface area contributed by atoms with Gasteiger partial charge in [-0.3, -0.25) is 19.3 Å². The highest BCUT2D eigenvalue weighted by atomic mass is 16.5. The zero-order valence-corrected chi connectivity index (χ0v) is 35.7. The average molecular weight is 775 g/mol. The van der Waals surface area contributed by atoms with Gasteiger partial charge in [0.2, 0.25) is 11.8 Å². The molecule has 0 aliphatic rings. The summed E-state index contributed by atoms with van der Waals surface area (Å²) in [6.45, 7) is 13.4. The van der Waals surface area contributed by atoms with Crippen molar-refractivity contribution >= 4 is 23.8 Å². The van der Waals surface area contributed by atoms with Gasteiger partial charge in [-0.05, 0) is 55.4 Å². The first kappa shape index (κ1) is 49.8. The van der Waals surface area contributed by atoms with E-state index in [9.17, 15) is 19.2 Å². The van der Waals surface area contributed by atoms with Crippen LogP contribution in [0.3, 0.4) is 0 Å². The SMILES string of the molecule is CCCCCCCCCCCCOc1cc(CNC(=O)COCC(=O)N(CCCC)CCCC)cc(CN(C(=O)COC)C(=O)N(CCCC)CCCC)c1. The van der Waals surface area contributed by atoms with Gasteiger partial charge < -0.3 is 29.3 Å². The molecule has 0 saturated carbocycles. The number of carbonyl (C=O) groups excluding carboxylic acids is 4. The van der Waals surface area contributed by atoms with Crippen molar-refractivity contribution in [2.75, 3.05) is 59.7 Å². The maximum atomic E-state index is 13.9. The summed E-state index contributed by atoms with van der Waals surface area (Å²) >= 11 is 0. The van der Waals surface area contributed by atoms with Gasteiger partial charge in [0.25, 0.3) is 5.91 Å². The number of amides is 5. The monoisotopic (exact) mass is 775 g/mol. The van der Waals surface area contributed by atoms with E-state index in [0.717, 1.165) is 75.3 Å². The number of hydrogen-bond acceptors (Lipinski definition) is 7.